The lowest BCUT2D eigenvalue weighted by Crippen LogP contribution is -2.22. The van der Waals surface area contributed by atoms with Gasteiger partial charge in [-0.15, -0.1) is 0 Å². The number of rotatable bonds is 5. The Kier molecular flexibility index (Phi) is 4.07. The van der Waals surface area contributed by atoms with Crippen molar-refractivity contribution in [3.8, 4) is 5.75 Å². The molecule has 1 N–H and O–H groups in total. The molecule has 0 bridgehead atoms. The molecule has 0 fully saturated rings. The first-order chi connectivity index (χ1) is 8.29. The van der Waals surface area contributed by atoms with Gasteiger partial charge in [-0.3, -0.25) is 0 Å². The smallest absolute Gasteiger partial charge is 0.124 e. The topological polar surface area (TPSA) is 34.4 Å². The number of hydrogen-bond acceptors (Lipinski definition) is 3. The molecule has 17 heavy (non-hydrogen) atoms. The van der Waals surface area contributed by atoms with Gasteiger partial charge in [0, 0.05) is 5.02 Å². The average Bonchev–Trinajstić information content (AvgIpc) is 2.84. The van der Waals surface area contributed by atoms with Gasteiger partial charge in [-0.05, 0) is 37.4 Å². The maximum Gasteiger partial charge on any atom is 0.124 e. The van der Waals surface area contributed by atoms with Gasteiger partial charge < -0.3 is 14.5 Å². The molecule has 0 saturated carbocycles. The van der Waals surface area contributed by atoms with Crippen LogP contribution in [0.2, 0.25) is 5.02 Å². The fourth-order valence-electron chi connectivity index (χ4n) is 1.53. The lowest BCUT2D eigenvalue weighted by atomic mass is 10.2. The number of furan rings is 1. The van der Waals surface area contributed by atoms with E-state index >= 15 is 0 Å². The van der Waals surface area contributed by atoms with Gasteiger partial charge in [0.15, 0.2) is 0 Å². The second-order valence-electron chi connectivity index (χ2n) is 3.63. The van der Waals surface area contributed by atoms with Gasteiger partial charge in [0.1, 0.15) is 18.1 Å². The highest BCUT2D eigenvalue weighted by Crippen LogP contribution is 2.19. The summed E-state index contributed by atoms with van der Waals surface area (Å²) in [5, 5.41) is 3.81. The third-order valence-electron chi connectivity index (χ3n) is 2.45. The number of likely N-dealkylation sites (N-methyl/N-ethyl adjacent to an activating group) is 1. The number of halogens is 1. The minimum Gasteiger partial charge on any atom is -0.491 e. The van der Waals surface area contributed by atoms with Gasteiger partial charge in [-0.2, -0.15) is 0 Å². The van der Waals surface area contributed by atoms with Crippen molar-refractivity contribution in [1.29, 1.82) is 0 Å². The highest BCUT2D eigenvalue weighted by Gasteiger charge is 2.12. The summed E-state index contributed by atoms with van der Waals surface area (Å²) in [5.74, 6) is 1.61. The van der Waals surface area contributed by atoms with E-state index in [9.17, 15) is 0 Å². The van der Waals surface area contributed by atoms with Crippen LogP contribution in [0.25, 0.3) is 0 Å². The monoisotopic (exact) mass is 251 g/mol. The van der Waals surface area contributed by atoms with Gasteiger partial charge in [0.25, 0.3) is 0 Å². The van der Waals surface area contributed by atoms with Crippen LogP contribution in [0.15, 0.2) is 47.1 Å². The van der Waals surface area contributed by atoms with E-state index in [1.54, 1.807) is 12.3 Å². The summed E-state index contributed by atoms with van der Waals surface area (Å²) >= 11 is 5.88. The Labute approximate surface area is 105 Å². The van der Waals surface area contributed by atoms with Crippen molar-refractivity contribution in [3.63, 3.8) is 0 Å². The van der Waals surface area contributed by atoms with Crippen LogP contribution < -0.4 is 10.1 Å². The second-order valence-corrected chi connectivity index (χ2v) is 4.06. The van der Waals surface area contributed by atoms with Crippen LogP contribution in [0.1, 0.15) is 11.8 Å². The van der Waals surface area contributed by atoms with Crippen LogP contribution in [-0.2, 0) is 0 Å². The van der Waals surface area contributed by atoms with Crippen molar-refractivity contribution in [3.05, 3.63) is 53.4 Å². The van der Waals surface area contributed by atoms with Crippen LogP contribution in [0, 0.1) is 0 Å². The van der Waals surface area contributed by atoms with Crippen molar-refractivity contribution in [1.82, 2.24) is 5.32 Å². The summed E-state index contributed by atoms with van der Waals surface area (Å²) < 4.78 is 11.0. The Bertz CT molecular complexity index is 456. The van der Waals surface area contributed by atoms with Crippen molar-refractivity contribution < 1.29 is 9.15 Å². The number of benzene rings is 1. The van der Waals surface area contributed by atoms with E-state index in [1.165, 1.54) is 0 Å². The summed E-state index contributed by atoms with van der Waals surface area (Å²) in [6.45, 7) is 0.490. The third-order valence-corrected chi connectivity index (χ3v) is 2.68. The van der Waals surface area contributed by atoms with E-state index in [-0.39, 0.29) is 6.04 Å². The van der Waals surface area contributed by atoms with Gasteiger partial charge in [-0.1, -0.05) is 17.7 Å². The molecule has 0 spiro atoms. The summed E-state index contributed by atoms with van der Waals surface area (Å²) in [5.41, 5.74) is 0. The average molecular weight is 252 g/mol. The van der Waals surface area contributed by atoms with E-state index in [0.717, 1.165) is 11.5 Å². The standard InChI is InChI=1S/C13H14ClNO2/c1-15-12(13-6-3-7-16-13)9-17-11-5-2-4-10(14)8-11/h2-8,12,15H,9H2,1H3. The molecule has 0 saturated heterocycles. The summed E-state index contributed by atoms with van der Waals surface area (Å²) in [6, 6.07) is 11.2. The fourth-order valence-corrected chi connectivity index (χ4v) is 1.71. The molecule has 0 aliphatic heterocycles. The molecule has 90 valence electrons. The minimum absolute atomic E-state index is 0.0315. The molecule has 1 heterocycles. The lowest BCUT2D eigenvalue weighted by Gasteiger charge is -2.14. The molecule has 1 atom stereocenters. The Hall–Kier alpha value is -1.45. The van der Waals surface area contributed by atoms with Crippen LogP contribution in [0.3, 0.4) is 0 Å². The molecule has 2 aromatic rings. The van der Waals surface area contributed by atoms with Crippen molar-refractivity contribution >= 4 is 11.6 Å². The van der Waals surface area contributed by atoms with Crippen molar-refractivity contribution in [2.45, 2.75) is 6.04 Å². The number of nitrogens with one attached hydrogen (secondary N) is 1. The van der Waals surface area contributed by atoms with Gasteiger partial charge in [0.2, 0.25) is 0 Å². The fraction of sp³-hybridized carbons (Fsp3) is 0.231. The maximum absolute atomic E-state index is 5.88. The minimum atomic E-state index is 0.0315. The number of ether oxygens (including phenoxy) is 1. The predicted octanol–water partition coefficient (Wildman–Crippen LogP) is 3.27. The van der Waals surface area contributed by atoms with Crippen LogP contribution in [-0.4, -0.2) is 13.7 Å². The quantitative estimate of drug-likeness (QED) is 0.886. The predicted molar refractivity (Wildman–Crippen MR) is 67.5 cm³/mol. The summed E-state index contributed by atoms with van der Waals surface area (Å²) in [4.78, 5) is 0. The summed E-state index contributed by atoms with van der Waals surface area (Å²) in [6.07, 6.45) is 1.65. The molecular weight excluding hydrogens is 238 g/mol. The van der Waals surface area contributed by atoms with E-state index in [1.807, 2.05) is 37.4 Å². The molecule has 1 aromatic heterocycles. The molecule has 0 aliphatic rings. The van der Waals surface area contributed by atoms with Crippen LogP contribution in [0.4, 0.5) is 0 Å². The van der Waals surface area contributed by atoms with Crippen LogP contribution >= 0.6 is 11.6 Å². The SMILES string of the molecule is CNC(COc1cccc(Cl)c1)c1ccco1. The van der Waals surface area contributed by atoms with Crippen molar-refractivity contribution in [2.75, 3.05) is 13.7 Å². The maximum atomic E-state index is 5.88. The zero-order valence-corrected chi connectivity index (χ0v) is 10.3. The van der Waals surface area contributed by atoms with Crippen LogP contribution in [0.5, 0.6) is 5.75 Å². The van der Waals surface area contributed by atoms with Gasteiger partial charge in [0.05, 0.1) is 12.3 Å². The van der Waals surface area contributed by atoms with Gasteiger partial charge >= 0.3 is 0 Å². The Morgan fingerprint density at radius 1 is 1.35 bits per heavy atom. The lowest BCUT2D eigenvalue weighted by molar-refractivity contribution is 0.253. The molecule has 2 rings (SSSR count). The molecular formula is C13H14ClNO2. The zero-order valence-electron chi connectivity index (χ0n) is 9.52. The zero-order chi connectivity index (χ0) is 12.1. The first-order valence-corrected chi connectivity index (χ1v) is 5.76. The first-order valence-electron chi connectivity index (χ1n) is 5.38. The van der Waals surface area contributed by atoms with E-state index < -0.39 is 0 Å². The Balaban J connectivity index is 1.97. The Morgan fingerprint density at radius 3 is 2.88 bits per heavy atom. The Morgan fingerprint density at radius 2 is 2.24 bits per heavy atom. The molecule has 4 heteroatoms. The molecule has 1 unspecified atom stereocenters. The molecule has 1 aromatic carbocycles. The highest BCUT2D eigenvalue weighted by atomic mass is 35.5. The molecule has 0 radical (unpaired) electrons. The normalized spacial score (nSPS) is 12.4. The molecule has 0 amide bonds. The van der Waals surface area contributed by atoms with E-state index in [4.69, 9.17) is 20.8 Å². The second kappa shape index (κ2) is 5.75. The third kappa shape index (κ3) is 3.25. The molecule has 3 nitrogen and oxygen atoms in total. The van der Waals surface area contributed by atoms with Crippen molar-refractivity contribution in [2.24, 2.45) is 0 Å². The first kappa shape index (κ1) is 12.0. The largest absolute Gasteiger partial charge is 0.491 e. The highest BCUT2D eigenvalue weighted by molar-refractivity contribution is 6.30. The summed E-state index contributed by atoms with van der Waals surface area (Å²) in [7, 11) is 1.87. The van der Waals surface area contributed by atoms with Gasteiger partial charge in [-0.25, -0.2) is 0 Å². The number of hydrogen-bond donors (Lipinski definition) is 1. The van der Waals surface area contributed by atoms with E-state index in [2.05, 4.69) is 5.32 Å². The van der Waals surface area contributed by atoms with E-state index in [0.29, 0.717) is 11.6 Å². The molecule has 0 aliphatic carbocycles.